The van der Waals surface area contributed by atoms with Gasteiger partial charge in [0.05, 0.1) is 7.11 Å². The third kappa shape index (κ3) is 4.21. The van der Waals surface area contributed by atoms with Crippen molar-refractivity contribution in [3.05, 3.63) is 81.5 Å². The molecule has 27 heavy (non-hydrogen) atoms. The van der Waals surface area contributed by atoms with Gasteiger partial charge in [0.15, 0.2) is 0 Å². The number of fused-ring (bicyclic) bond motifs is 1. The van der Waals surface area contributed by atoms with Crippen LogP contribution in [-0.4, -0.2) is 24.5 Å². The molecule has 1 aromatic heterocycles. The number of nitrogens with one attached hydrogen (secondary N) is 1. The molecule has 0 spiro atoms. The Labute approximate surface area is 163 Å². The van der Waals surface area contributed by atoms with Crippen molar-refractivity contribution in [2.75, 3.05) is 19.0 Å². The van der Waals surface area contributed by atoms with Gasteiger partial charge in [-0.2, -0.15) is 0 Å². The second-order valence-corrected chi connectivity index (χ2v) is 7.71. The normalized spacial score (nSPS) is 13.8. The highest BCUT2D eigenvalue weighted by Crippen LogP contribution is 2.25. The summed E-state index contributed by atoms with van der Waals surface area (Å²) in [7, 11) is 1.62. The van der Waals surface area contributed by atoms with E-state index in [1.165, 1.54) is 16.0 Å². The fourth-order valence-electron chi connectivity index (χ4n) is 3.34. The third-order valence-electron chi connectivity index (χ3n) is 4.86. The Morgan fingerprint density at radius 2 is 1.89 bits per heavy atom. The molecular formula is C22H22N2O2S. The molecule has 1 amide bonds. The first-order chi connectivity index (χ1) is 13.2. The predicted octanol–water partition coefficient (Wildman–Crippen LogP) is 4.57. The van der Waals surface area contributed by atoms with E-state index in [1.807, 2.05) is 59.9 Å². The summed E-state index contributed by atoms with van der Waals surface area (Å²) in [6.07, 6.45) is 1.13. The Morgan fingerprint density at radius 3 is 2.63 bits per heavy atom. The van der Waals surface area contributed by atoms with Gasteiger partial charge >= 0.3 is 0 Å². The number of methoxy groups -OCH3 is 1. The predicted molar refractivity (Wildman–Crippen MR) is 110 cm³/mol. The molecule has 1 N–H and O–H groups in total. The van der Waals surface area contributed by atoms with Crippen molar-refractivity contribution in [3.63, 3.8) is 0 Å². The van der Waals surface area contributed by atoms with Crippen molar-refractivity contribution in [1.82, 2.24) is 4.90 Å². The summed E-state index contributed by atoms with van der Waals surface area (Å²) < 4.78 is 5.13. The first-order valence-electron chi connectivity index (χ1n) is 9.03. The van der Waals surface area contributed by atoms with Crippen LogP contribution in [0.4, 0.5) is 5.69 Å². The lowest BCUT2D eigenvalue weighted by atomic mass is 10.1. The Morgan fingerprint density at radius 1 is 1.11 bits per heavy atom. The second-order valence-electron chi connectivity index (χ2n) is 6.71. The minimum absolute atomic E-state index is 0.104. The molecule has 1 aliphatic rings. The number of rotatable bonds is 5. The third-order valence-corrected chi connectivity index (χ3v) is 5.88. The molecule has 4 rings (SSSR count). The number of hydrogen-bond donors (Lipinski definition) is 1. The molecule has 5 heteroatoms. The average Bonchev–Trinajstić information content (AvgIpc) is 3.17. The van der Waals surface area contributed by atoms with Crippen LogP contribution >= 0.6 is 11.3 Å². The Kier molecular flexibility index (Phi) is 5.23. The lowest BCUT2D eigenvalue weighted by molar-refractivity contribution is 0.102. The minimum Gasteiger partial charge on any atom is -0.497 e. The van der Waals surface area contributed by atoms with Gasteiger partial charge in [0.1, 0.15) is 5.75 Å². The number of nitrogens with zero attached hydrogens (tertiary/aromatic N) is 1. The summed E-state index contributed by atoms with van der Waals surface area (Å²) in [5.41, 5.74) is 4.11. The van der Waals surface area contributed by atoms with Gasteiger partial charge in [-0.25, -0.2) is 0 Å². The van der Waals surface area contributed by atoms with Gasteiger partial charge in [0.25, 0.3) is 5.91 Å². The van der Waals surface area contributed by atoms with Gasteiger partial charge in [-0.3, -0.25) is 9.69 Å². The number of benzene rings is 2. The lowest BCUT2D eigenvalue weighted by Gasteiger charge is -2.26. The highest BCUT2D eigenvalue weighted by Gasteiger charge is 2.17. The summed E-state index contributed by atoms with van der Waals surface area (Å²) in [5.74, 6) is 0.664. The van der Waals surface area contributed by atoms with Crippen LogP contribution < -0.4 is 10.1 Å². The van der Waals surface area contributed by atoms with Gasteiger partial charge < -0.3 is 10.1 Å². The highest BCUT2D eigenvalue weighted by atomic mass is 32.1. The number of thiophene rings is 1. The van der Waals surface area contributed by atoms with Crippen molar-refractivity contribution in [2.45, 2.75) is 19.5 Å². The molecule has 0 saturated heterocycles. The van der Waals surface area contributed by atoms with Crippen molar-refractivity contribution < 1.29 is 9.53 Å². The summed E-state index contributed by atoms with van der Waals surface area (Å²) >= 11 is 1.86. The zero-order valence-corrected chi connectivity index (χ0v) is 16.1. The smallest absolute Gasteiger partial charge is 0.255 e. The molecule has 2 heterocycles. The van der Waals surface area contributed by atoms with Crippen LogP contribution in [0, 0.1) is 0 Å². The molecule has 3 aromatic rings. The maximum atomic E-state index is 12.4. The number of ether oxygens (including phenoxy) is 1. The quantitative estimate of drug-likeness (QED) is 0.707. The second kappa shape index (κ2) is 7.94. The van der Waals surface area contributed by atoms with E-state index >= 15 is 0 Å². The van der Waals surface area contributed by atoms with E-state index in [-0.39, 0.29) is 5.91 Å². The van der Waals surface area contributed by atoms with E-state index in [9.17, 15) is 4.79 Å². The molecule has 0 unspecified atom stereocenters. The zero-order valence-electron chi connectivity index (χ0n) is 15.3. The number of hydrogen-bond acceptors (Lipinski definition) is 4. The minimum atomic E-state index is -0.104. The monoisotopic (exact) mass is 378 g/mol. The topological polar surface area (TPSA) is 41.6 Å². The average molecular weight is 378 g/mol. The van der Waals surface area contributed by atoms with Gasteiger partial charge in [0, 0.05) is 35.8 Å². The molecule has 138 valence electrons. The van der Waals surface area contributed by atoms with Crippen LogP contribution in [0.2, 0.25) is 0 Å². The van der Waals surface area contributed by atoms with Crippen LogP contribution in [0.5, 0.6) is 5.75 Å². The van der Waals surface area contributed by atoms with Crippen molar-refractivity contribution in [3.8, 4) is 5.75 Å². The molecule has 4 nitrogen and oxygen atoms in total. The number of anilines is 1. The summed E-state index contributed by atoms with van der Waals surface area (Å²) in [6.45, 7) is 3.02. The van der Waals surface area contributed by atoms with Crippen LogP contribution in [-0.2, 0) is 19.5 Å². The van der Waals surface area contributed by atoms with Crippen molar-refractivity contribution >= 4 is 22.9 Å². The number of carbonyl (C=O) groups excluding carboxylic acids is 1. The zero-order chi connectivity index (χ0) is 18.6. The van der Waals surface area contributed by atoms with Crippen LogP contribution in [0.25, 0.3) is 0 Å². The van der Waals surface area contributed by atoms with E-state index in [0.717, 1.165) is 37.5 Å². The van der Waals surface area contributed by atoms with Gasteiger partial charge in [-0.15, -0.1) is 11.3 Å². The maximum Gasteiger partial charge on any atom is 0.255 e. The van der Waals surface area contributed by atoms with E-state index < -0.39 is 0 Å². The first kappa shape index (κ1) is 17.8. The molecule has 1 aliphatic heterocycles. The number of carbonyl (C=O) groups is 1. The van der Waals surface area contributed by atoms with Gasteiger partial charge in [-0.05, 0) is 65.4 Å². The fraction of sp³-hybridized carbons (Fsp3) is 0.227. The lowest BCUT2D eigenvalue weighted by Crippen LogP contribution is -2.29. The molecule has 0 aliphatic carbocycles. The molecule has 0 radical (unpaired) electrons. The van der Waals surface area contributed by atoms with E-state index in [1.54, 1.807) is 7.11 Å². The first-order valence-corrected chi connectivity index (χ1v) is 9.91. The van der Waals surface area contributed by atoms with Crippen molar-refractivity contribution in [1.29, 1.82) is 0 Å². The molecule has 0 bridgehead atoms. The highest BCUT2D eigenvalue weighted by molar-refractivity contribution is 7.10. The van der Waals surface area contributed by atoms with Gasteiger partial charge in [0.2, 0.25) is 0 Å². The van der Waals surface area contributed by atoms with Crippen LogP contribution in [0.1, 0.15) is 26.4 Å². The van der Waals surface area contributed by atoms with Crippen molar-refractivity contribution in [2.24, 2.45) is 0 Å². The Balaban J connectivity index is 1.36. The molecule has 0 fully saturated rings. The van der Waals surface area contributed by atoms with E-state index in [0.29, 0.717) is 5.56 Å². The molecule has 2 aromatic carbocycles. The largest absolute Gasteiger partial charge is 0.497 e. The SMILES string of the molecule is COc1ccc(NC(=O)c2ccc(CN3CCc4sccc4C3)cc2)cc1. The molecule has 0 atom stereocenters. The van der Waals surface area contributed by atoms with Gasteiger partial charge in [-0.1, -0.05) is 12.1 Å². The maximum absolute atomic E-state index is 12.4. The molecular weight excluding hydrogens is 356 g/mol. The Bertz CT molecular complexity index is 916. The van der Waals surface area contributed by atoms with Crippen LogP contribution in [0.3, 0.4) is 0 Å². The van der Waals surface area contributed by atoms with E-state index in [4.69, 9.17) is 4.74 Å². The summed E-state index contributed by atoms with van der Waals surface area (Å²) in [6, 6.07) is 17.5. The Hall–Kier alpha value is -2.63. The summed E-state index contributed by atoms with van der Waals surface area (Å²) in [5, 5.41) is 5.10. The van der Waals surface area contributed by atoms with E-state index in [2.05, 4.69) is 21.7 Å². The number of amides is 1. The standard InChI is InChI=1S/C22H22N2O2S/c1-26-20-8-6-19(7-9-20)23-22(25)17-4-2-16(3-5-17)14-24-12-10-21-18(15-24)11-13-27-21/h2-9,11,13H,10,12,14-15H2,1H3,(H,23,25). The van der Waals surface area contributed by atoms with Crippen LogP contribution in [0.15, 0.2) is 60.0 Å². The fourth-order valence-corrected chi connectivity index (χ4v) is 4.23. The molecule has 0 saturated carbocycles. The summed E-state index contributed by atoms with van der Waals surface area (Å²) in [4.78, 5) is 16.4.